The van der Waals surface area contributed by atoms with Crippen molar-refractivity contribution in [2.45, 2.75) is 31.6 Å². The second kappa shape index (κ2) is 5.57. The molecule has 0 amide bonds. The highest BCUT2D eigenvalue weighted by molar-refractivity contribution is 9.13. The van der Waals surface area contributed by atoms with Crippen molar-refractivity contribution in [2.75, 3.05) is 0 Å². The van der Waals surface area contributed by atoms with Crippen molar-refractivity contribution >= 4 is 66.1 Å². The van der Waals surface area contributed by atoms with Gasteiger partial charge < -0.3 is 0 Å². The lowest BCUT2D eigenvalue weighted by Crippen LogP contribution is -2.07. The van der Waals surface area contributed by atoms with Crippen molar-refractivity contribution < 1.29 is 0 Å². The molecule has 5 heteroatoms. The summed E-state index contributed by atoms with van der Waals surface area (Å²) < 4.78 is 2.16. The molecule has 0 aliphatic carbocycles. The monoisotopic (exact) mass is 426 g/mol. The number of alkyl halides is 1. The topological polar surface area (TPSA) is 0 Å². The molecule has 0 N–H and O–H groups in total. The highest BCUT2D eigenvalue weighted by Crippen LogP contribution is 2.43. The fourth-order valence-corrected chi connectivity index (χ4v) is 5.15. The van der Waals surface area contributed by atoms with E-state index in [1.54, 1.807) is 22.7 Å². The summed E-state index contributed by atoms with van der Waals surface area (Å²) in [5.74, 6) is 0. The molecule has 0 spiro atoms. The van der Waals surface area contributed by atoms with Gasteiger partial charge in [0.05, 0.1) is 3.79 Å². The van der Waals surface area contributed by atoms with E-state index in [4.69, 9.17) is 11.6 Å². The van der Waals surface area contributed by atoms with Gasteiger partial charge >= 0.3 is 0 Å². The molecule has 0 aromatic carbocycles. The molecule has 1 unspecified atom stereocenters. The average molecular weight is 429 g/mol. The van der Waals surface area contributed by atoms with Crippen LogP contribution in [-0.2, 0) is 5.41 Å². The summed E-state index contributed by atoms with van der Waals surface area (Å²) in [5.41, 5.74) is 0.191. The van der Waals surface area contributed by atoms with E-state index in [1.165, 1.54) is 9.75 Å². The van der Waals surface area contributed by atoms with Gasteiger partial charge in [0.15, 0.2) is 0 Å². The fraction of sp³-hybridized carbons (Fsp3) is 0.385. The summed E-state index contributed by atoms with van der Waals surface area (Å²) in [6.45, 7) is 6.68. The zero-order valence-electron chi connectivity index (χ0n) is 10.3. The first kappa shape index (κ1) is 15.0. The largest absolute Gasteiger partial charge is 0.143 e. The Morgan fingerprint density at radius 2 is 1.78 bits per heavy atom. The van der Waals surface area contributed by atoms with Crippen molar-refractivity contribution in [2.24, 2.45) is 0 Å². The molecule has 18 heavy (non-hydrogen) atoms. The van der Waals surface area contributed by atoms with E-state index < -0.39 is 0 Å². The highest BCUT2D eigenvalue weighted by atomic mass is 79.9. The average Bonchev–Trinajstić information content (AvgIpc) is 2.85. The normalized spacial score (nSPS) is 13.9. The second-order valence-electron chi connectivity index (χ2n) is 5.08. The number of thiophene rings is 2. The smallest absolute Gasteiger partial charge is 0.102 e. The van der Waals surface area contributed by atoms with Crippen LogP contribution in [0.15, 0.2) is 26.5 Å². The maximum Gasteiger partial charge on any atom is 0.102 e. The maximum absolute atomic E-state index is 6.56. The number of hydrogen-bond acceptors (Lipinski definition) is 2. The van der Waals surface area contributed by atoms with Gasteiger partial charge in [-0.1, -0.05) is 20.8 Å². The van der Waals surface area contributed by atoms with Gasteiger partial charge in [0.1, 0.15) is 5.38 Å². The molecule has 2 aromatic rings. The van der Waals surface area contributed by atoms with Crippen molar-refractivity contribution in [3.8, 4) is 0 Å². The SMILES string of the molecule is CC(C)(C)c1ccc(C(Cl)c2cc(Br)c(Br)s2)s1. The minimum atomic E-state index is -0.0568. The lowest BCUT2D eigenvalue weighted by molar-refractivity contribution is 0.604. The summed E-state index contributed by atoms with van der Waals surface area (Å²) in [6.07, 6.45) is 0. The predicted octanol–water partition coefficient (Wildman–Crippen LogP) is 6.96. The molecule has 0 aliphatic rings. The van der Waals surface area contributed by atoms with E-state index in [2.05, 4.69) is 70.8 Å². The van der Waals surface area contributed by atoms with Gasteiger partial charge in [-0.25, -0.2) is 0 Å². The first-order valence-electron chi connectivity index (χ1n) is 5.48. The molecule has 0 saturated carbocycles. The van der Waals surface area contributed by atoms with Crippen LogP contribution in [0.25, 0.3) is 0 Å². The minimum Gasteiger partial charge on any atom is -0.143 e. The molecule has 0 aliphatic heterocycles. The van der Waals surface area contributed by atoms with Crippen LogP contribution < -0.4 is 0 Å². The van der Waals surface area contributed by atoms with Crippen LogP contribution in [0.3, 0.4) is 0 Å². The Balaban J connectivity index is 2.29. The number of hydrogen-bond donors (Lipinski definition) is 0. The van der Waals surface area contributed by atoms with Crippen LogP contribution in [0.1, 0.15) is 40.8 Å². The zero-order chi connectivity index (χ0) is 13.5. The Kier molecular flexibility index (Phi) is 4.65. The molecule has 0 saturated heterocycles. The molecule has 2 heterocycles. The molecular formula is C13H13Br2ClS2. The number of halogens is 3. The van der Waals surface area contributed by atoms with Gasteiger partial charge in [-0.3, -0.25) is 0 Å². The van der Waals surface area contributed by atoms with Crippen LogP contribution in [0.4, 0.5) is 0 Å². The standard InChI is InChI=1S/C13H13Br2ClS2/c1-13(2,3)10-5-4-8(17-10)11(16)9-6-7(14)12(15)18-9/h4-6,11H,1-3H3. The van der Waals surface area contributed by atoms with Crippen LogP contribution >= 0.6 is 66.1 Å². The van der Waals surface area contributed by atoms with Crippen molar-refractivity contribution in [3.05, 3.63) is 41.1 Å². The van der Waals surface area contributed by atoms with Gasteiger partial charge in [-0.05, 0) is 55.5 Å². The van der Waals surface area contributed by atoms with E-state index >= 15 is 0 Å². The van der Waals surface area contributed by atoms with Gasteiger partial charge in [-0.2, -0.15) is 0 Å². The van der Waals surface area contributed by atoms with E-state index in [-0.39, 0.29) is 10.8 Å². The van der Waals surface area contributed by atoms with E-state index in [0.29, 0.717) is 0 Å². The second-order valence-corrected chi connectivity index (χ2v) is 9.89. The first-order valence-corrected chi connectivity index (χ1v) is 9.13. The molecule has 0 bridgehead atoms. The van der Waals surface area contributed by atoms with Crippen molar-refractivity contribution in [3.63, 3.8) is 0 Å². The summed E-state index contributed by atoms with van der Waals surface area (Å²) in [7, 11) is 0. The molecule has 98 valence electrons. The van der Waals surface area contributed by atoms with Crippen LogP contribution in [0.5, 0.6) is 0 Å². The van der Waals surface area contributed by atoms with Crippen molar-refractivity contribution in [1.82, 2.24) is 0 Å². The van der Waals surface area contributed by atoms with Gasteiger partial charge in [0.2, 0.25) is 0 Å². The minimum absolute atomic E-state index is 0.0568. The Hall–Kier alpha value is 0.650. The van der Waals surface area contributed by atoms with Crippen LogP contribution in [-0.4, -0.2) is 0 Å². The molecule has 2 aromatic heterocycles. The molecule has 2 rings (SSSR count). The third kappa shape index (κ3) is 3.21. The Morgan fingerprint density at radius 3 is 2.22 bits per heavy atom. The third-order valence-corrected chi connectivity index (χ3v) is 8.16. The summed E-state index contributed by atoms with van der Waals surface area (Å²) >= 11 is 17.1. The highest BCUT2D eigenvalue weighted by Gasteiger charge is 2.21. The Labute approximate surface area is 138 Å². The first-order chi connectivity index (χ1) is 8.29. The van der Waals surface area contributed by atoms with Gasteiger partial charge in [0.25, 0.3) is 0 Å². The van der Waals surface area contributed by atoms with E-state index in [1.807, 2.05) is 0 Å². The lowest BCUT2D eigenvalue weighted by Gasteiger charge is -2.15. The zero-order valence-corrected chi connectivity index (χ0v) is 15.8. The number of rotatable bonds is 2. The van der Waals surface area contributed by atoms with Gasteiger partial charge in [0, 0.05) is 19.1 Å². The molecule has 0 radical (unpaired) electrons. The summed E-state index contributed by atoms with van der Waals surface area (Å²) in [4.78, 5) is 3.75. The quantitative estimate of drug-likeness (QED) is 0.454. The maximum atomic E-state index is 6.56. The van der Waals surface area contributed by atoms with Crippen molar-refractivity contribution in [1.29, 1.82) is 0 Å². The summed E-state index contributed by atoms with van der Waals surface area (Å²) in [6, 6.07) is 6.42. The Bertz CT molecular complexity index is 532. The third-order valence-electron chi connectivity index (χ3n) is 2.53. The van der Waals surface area contributed by atoms with Crippen LogP contribution in [0.2, 0.25) is 0 Å². The molecular weight excluding hydrogens is 416 g/mol. The Morgan fingerprint density at radius 1 is 1.11 bits per heavy atom. The van der Waals surface area contributed by atoms with E-state index in [9.17, 15) is 0 Å². The van der Waals surface area contributed by atoms with E-state index in [0.717, 1.165) is 13.1 Å². The summed E-state index contributed by atoms with van der Waals surface area (Å²) in [5, 5.41) is -0.0568. The predicted molar refractivity (Wildman–Crippen MR) is 90.4 cm³/mol. The molecule has 1 atom stereocenters. The lowest BCUT2D eigenvalue weighted by atomic mass is 9.95. The van der Waals surface area contributed by atoms with Crippen LogP contribution in [0, 0.1) is 0 Å². The molecule has 0 fully saturated rings. The molecule has 0 nitrogen and oxygen atoms in total. The van der Waals surface area contributed by atoms with Gasteiger partial charge in [-0.15, -0.1) is 34.3 Å². The fourth-order valence-electron chi connectivity index (χ4n) is 1.52.